The minimum Gasteiger partial charge on any atom is -0.497 e. The summed E-state index contributed by atoms with van der Waals surface area (Å²) in [7, 11) is 3.12. The molecule has 0 aliphatic rings. The van der Waals surface area contributed by atoms with E-state index in [0.29, 0.717) is 17.2 Å². The van der Waals surface area contributed by atoms with Crippen molar-refractivity contribution in [2.75, 3.05) is 26.1 Å². The van der Waals surface area contributed by atoms with E-state index in [0.717, 1.165) is 16.9 Å². The Morgan fingerprint density at radius 2 is 1.73 bits per heavy atom. The average Bonchev–Trinajstić information content (AvgIpc) is 2.59. The number of carbonyl (C=O) groups is 1. The van der Waals surface area contributed by atoms with Crippen LogP contribution in [0.3, 0.4) is 0 Å². The third kappa shape index (κ3) is 4.91. The van der Waals surface area contributed by atoms with Gasteiger partial charge >= 0.3 is 0 Å². The van der Waals surface area contributed by atoms with Crippen molar-refractivity contribution in [1.82, 2.24) is 0 Å². The van der Waals surface area contributed by atoms with Crippen LogP contribution >= 0.6 is 0 Å². The Morgan fingerprint density at radius 1 is 1.00 bits per heavy atom. The quantitative estimate of drug-likeness (QED) is 0.836. The Kier molecular flexibility index (Phi) is 6.14. The molecular formula is C21H27NO4. The number of aryl methyl sites for hydroxylation is 1. The van der Waals surface area contributed by atoms with E-state index in [-0.39, 0.29) is 17.9 Å². The molecule has 0 heterocycles. The van der Waals surface area contributed by atoms with Gasteiger partial charge in [-0.15, -0.1) is 0 Å². The SMILES string of the molecule is COc1ccc(NC(=O)COc2cc(C)ccc2C(C)(C)C)c(OC)c1. The average molecular weight is 357 g/mol. The fraction of sp³-hybridized carbons (Fsp3) is 0.381. The summed E-state index contributed by atoms with van der Waals surface area (Å²) < 4.78 is 16.3. The van der Waals surface area contributed by atoms with E-state index in [4.69, 9.17) is 14.2 Å². The predicted molar refractivity (Wildman–Crippen MR) is 104 cm³/mol. The van der Waals surface area contributed by atoms with E-state index in [9.17, 15) is 4.79 Å². The number of ether oxygens (including phenoxy) is 3. The number of anilines is 1. The lowest BCUT2D eigenvalue weighted by molar-refractivity contribution is -0.118. The number of methoxy groups -OCH3 is 2. The summed E-state index contributed by atoms with van der Waals surface area (Å²) in [5, 5.41) is 2.81. The number of hydrogen-bond acceptors (Lipinski definition) is 4. The highest BCUT2D eigenvalue weighted by Gasteiger charge is 2.19. The summed E-state index contributed by atoms with van der Waals surface area (Å²) in [5.41, 5.74) is 2.66. The van der Waals surface area contributed by atoms with Gasteiger partial charge in [0.05, 0.1) is 19.9 Å². The van der Waals surface area contributed by atoms with Gasteiger partial charge in [0.25, 0.3) is 5.91 Å². The van der Waals surface area contributed by atoms with Crippen molar-refractivity contribution in [2.24, 2.45) is 0 Å². The lowest BCUT2D eigenvalue weighted by Gasteiger charge is -2.23. The zero-order valence-electron chi connectivity index (χ0n) is 16.3. The van der Waals surface area contributed by atoms with Crippen molar-refractivity contribution >= 4 is 11.6 Å². The summed E-state index contributed by atoms with van der Waals surface area (Å²) in [4.78, 5) is 12.3. The van der Waals surface area contributed by atoms with Gasteiger partial charge in [0, 0.05) is 6.07 Å². The van der Waals surface area contributed by atoms with Gasteiger partial charge in [-0.1, -0.05) is 32.9 Å². The maximum absolute atomic E-state index is 12.3. The van der Waals surface area contributed by atoms with Crippen molar-refractivity contribution in [3.8, 4) is 17.2 Å². The molecule has 0 spiro atoms. The molecule has 0 aliphatic carbocycles. The molecule has 2 rings (SSSR count). The molecule has 0 aliphatic heterocycles. The smallest absolute Gasteiger partial charge is 0.262 e. The van der Waals surface area contributed by atoms with E-state index in [2.05, 4.69) is 38.2 Å². The van der Waals surface area contributed by atoms with Crippen LogP contribution in [0.5, 0.6) is 17.2 Å². The first kappa shape index (κ1) is 19.6. The van der Waals surface area contributed by atoms with Crippen LogP contribution in [0.25, 0.3) is 0 Å². The van der Waals surface area contributed by atoms with Gasteiger partial charge in [0.1, 0.15) is 17.2 Å². The molecule has 1 amide bonds. The largest absolute Gasteiger partial charge is 0.497 e. The van der Waals surface area contributed by atoms with E-state index >= 15 is 0 Å². The van der Waals surface area contributed by atoms with Gasteiger partial charge in [-0.05, 0) is 41.7 Å². The van der Waals surface area contributed by atoms with Crippen LogP contribution in [0.2, 0.25) is 0 Å². The number of benzene rings is 2. The Morgan fingerprint density at radius 3 is 2.35 bits per heavy atom. The maximum Gasteiger partial charge on any atom is 0.262 e. The van der Waals surface area contributed by atoms with Crippen LogP contribution in [-0.2, 0) is 10.2 Å². The van der Waals surface area contributed by atoms with Crippen molar-refractivity contribution in [3.05, 3.63) is 47.5 Å². The summed E-state index contributed by atoms with van der Waals surface area (Å²) in [6.45, 7) is 8.27. The molecule has 0 saturated heterocycles. The standard InChI is InChI=1S/C21H27NO4/c1-14-7-9-16(21(2,3)4)18(11-14)26-13-20(23)22-17-10-8-15(24-5)12-19(17)25-6/h7-12H,13H2,1-6H3,(H,22,23). The molecule has 0 fully saturated rings. The molecule has 2 aromatic carbocycles. The highest BCUT2D eigenvalue weighted by atomic mass is 16.5. The van der Waals surface area contributed by atoms with Crippen molar-refractivity contribution in [2.45, 2.75) is 33.1 Å². The molecule has 0 unspecified atom stereocenters. The molecule has 0 saturated carbocycles. The lowest BCUT2D eigenvalue weighted by atomic mass is 9.86. The van der Waals surface area contributed by atoms with Crippen LogP contribution in [0, 0.1) is 6.92 Å². The Balaban J connectivity index is 2.10. The molecule has 0 aromatic heterocycles. The van der Waals surface area contributed by atoms with Crippen LogP contribution in [0.15, 0.2) is 36.4 Å². The first-order valence-corrected chi connectivity index (χ1v) is 8.50. The highest BCUT2D eigenvalue weighted by Crippen LogP contribution is 2.32. The van der Waals surface area contributed by atoms with E-state index < -0.39 is 0 Å². The number of amides is 1. The third-order valence-corrected chi connectivity index (χ3v) is 3.99. The number of nitrogens with one attached hydrogen (secondary N) is 1. The third-order valence-electron chi connectivity index (χ3n) is 3.99. The molecule has 1 N–H and O–H groups in total. The maximum atomic E-state index is 12.3. The topological polar surface area (TPSA) is 56.8 Å². The normalized spacial score (nSPS) is 11.0. The first-order chi connectivity index (χ1) is 12.2. The predicted octanol–water partition coefficient (Wildman–Crippen LogP) is 4.33. The molecular weight excluding hydrogens is 330 g/mol. The van der Waals surface area contributed by atoms with Gasteiger partial charge in [-0.2, -0.15) is 0 Å². The first-order valence-electron chi connectivity index (χ1n) is 8.50. The van der Waals surface area contributed by atoms with E-state index in [1.54, 1.807) is 32.4 Å². The summed E-state index contributed by atoms with van der Waals surface area (Å²) in [6.07, 6.45) is 0. The summed E-state index contributed by atoms with van der Waals surface area (Å²) in [6, 6.07) is 11.3. The second-order valence-electron chi connectivity index (χ2n) is 7.15. The highest BCUT2D eigenvalue weighted by molar-refractivity contribution is 5.93. The minimum atomic E-state index is -0.255. The molecule has 26 heavy (non-hydrogen) atoms. The second kappa shape index (κ2) is 8.13. The molecule has 5 nitrogen and oxygen atoms in total. The van der Waals surface area contributed by atoms with Gasteiger partial charge in [-0.3, -0.25) is 4.79 Å². The minimum absolute atomic E-state index is 0.0707. The zero-order chi connectivity index (χ0) is 19.3. The van der Waals surface area contributed by atoms with Gasteiger partial charge in [0.15, 0.2) is 6.61 Å². The van der Waals surface area contributed by atoms with Crippen LogP contribution in [0.1, 0.15) is 31.9 Å². The van der Waals surface area contributed by atoms with Crippen LogP contribution in [-0.4, -0.2) is 26.7 Å². The second-order valence-corrected chi connectivity index (χ2v) is 7.15. The van der Waals surface area contributed by atoms with Gasteiger partial charge in [-0.25, -0.2) is 0 Å². The van der Waals surface area contributed by atoms with Crippen LogP contribution in [0.4, 0.5) is 5.69 Å². The summed E-state index contributed by atoms with van der Waals surface area (Å²) >= 11 is 0. The molecule has 0 bridgehead atoms. The number of hydrogen-bond donors (Lipinski definition) is 1. The van der Waals surface area contributed by atoms with E-state index in [1.807, 2.05) is 13.0 Å². The van der Waals surface area contributed by atoms with Crippen molar-refractivity contribution in [1.29, 1.82) is 0 Å². The van der Waals surface area contributed by atoms with Gasteiger partial charge < -0.3 is 19.5 Å². The molecule has 5 heteroatoms. The molecule has 140 valence electrons. The molecule has 2 aromatic rings. The van der Waals surface area contributed by atoms with Crippen molar-refractivity contribution < 1.29 is 19.0 Å². The Bertz CT molecular complexity index is 778. The monoisotopic (exact) mass is 357 g/mol. The number of carbonyl (C=O) groups excluding carboxylic acids is 1. The van der Waals surface area contributed by atoms with Gasteiger partial charge in [0.2, 0.25) is 0 Å². The zero-order valence-corrected chi connectivity index (χ0v) is 16.3. The molecule has 0 radical (unpaired) electrons. The van der Waals surface area contributed by atoms with Crippen LogP contribution < -0.4 is 19.5 Å². The van der Waals surface area contributed by atoms with E-state index in [1.165, 1.54) is 0 Å². The molecule has 0 atom stereocenters. The van der Waals surface area contributed by atoms with Crippen molar-refractivity contribution in [3.63, 3.8) is 0 Å². The fourth-order valence-electron chi connectivity index (χ4n) is 2.60. The Labute approximate surface area is 155 Å². The summed E-state index contributed by atoms with van der Waals surface area (Å²) in [5.74, 6) is 1.67. The Hall–Kier alpha value is -2.69. The lowest BCUT2D eigenvalue weighted by Crippen LogP contribution is -2.22. The number of rotatable bonds is 6. The fourth-order valence-corrected chi connectivity index (χ4v) is 2.60.